The molecule has 1 heterocycles. The van der Waals surface area contributed by atoms with Crippen molar-refractivity contribution in [2.45, 2.75) is 86.3 Å². The van der Waals surface area contributed by atoms with Crippen LogP contribution in [0.3, 0.4) is 0 Å². The predicted molar refractivity (Wildman–Crippen MR) is 129 cm³/mol. The van der Waals surface area contributed by atoms with E-state index in [2.05, 4.69) is 63.3 Å². The predicted octanol–water partition coefficient (Wildman–Crippen LogP) is 6.30. The second kappa shape index (κ2) is 11.1. The van der Waals surface area contributed by atoms with Crippen molar-refractivity contribution in [1.82, 2.24) is 10.3 Å². The zero-order valence-corrected chi connectivity index (χ0v) is 20.6. The maximum absolute atomic E-state index is 12.4. The Bertz CT molecular complexity index is 964. The van der Waals surface area contributed by atoms with Crippen LogP contribution in [0, 0.1) is 24.2 Å². The van der Waals surface area contributed by atoms with Gasteiger partial charge in [-0.1, -0.05) is 57.0 Å². The van der Waals surface area contributed by atoms with Crippen LogP contribution in [0.1, 0.15) is 76.0 Å². The monoisotopic (exact) mass is 435 g/mol. The van der Waals surface area contributed by atoms with Gasteiger partial charge >= 0.3 is 6.09 Å². The van der Waals surface area contributed by atoms with Crippen molar-refractivity contribution in [3.63, 3.8) is 0 Å². The van der Waals surface area contributed by atoms with E-state index in [-0.39, 0.29) is 6.42 Å². The normalized spacial score (nSPS) is 11.3. The molecule has 0 saturated heterocycles. The van der Waals surface area contributed by atoms with E-state index >= 15 is 0 Å². The van der Waals surface area contributed by atoms with Gasteiger partial charge in [0.1, 0.15) is 5.60 Å². The molecule has 1 aromatic carbocycles. The summed E-state index contributed by atoms with van der Waals surface area (Å²) >= 11 is 0. The van der Waals surface area contributed by atoms with Crippen LogP contribution >= 0.6 is 0 Å². The van der Waals surface area contributed by atoms with Crippen molar-refractivity contribution in [2.24, 2.45) is 5.92 Å². The SMILES string of the molecule is CCCc1nc(CC(C)C)c(CNC(=O)OC(C)(C)C)c(-c2ccc(C)cc2)c1CC#N. The summed E-state index contributed by atoms with van der Waals surface area (Å²) in [5, 5.41) is 12.5. The number of pyridine rings is 1. The average molecular weight is 436 g/mol. The van der Waals surface area contributed by atoms with Gasteiger partial charge in [-0.05, 0) is 63.1 Å². The van der Waals surface area contributed by atoms with Crippen LogP contribution in [0.5, 0.6) is 0 Å². The van der Waals surface area contributed by atoms with E-state index in [4.69, 9.17) is 9.72 Å². The largest absolute Gasteiger partial charge is 0.444 e. The minimum Gasteiger partial charge on any atom is -0.444 e. The van der Waals surface area contributed by atoms with Crippen molar-refractivity contribution >= 4 is 6.09 Å². The van der Waals surface area contributed by atoms with Crippen LogP contribution < -0.4 is 5.32 Å². The molecule has 1 amide bonds. The van der Waals surface area contributed by atoms with Crippen molar-refractivity contribution in [2.75, 3.05) is 0 Å². The smallest absolute Gasteiger partial charge is 0.407 e. The number of ether oxygens (including phenoxy) is 1. The topological polar surface area (TPSA) is 75.0 Å². The molecule has 2 aromatic rings. The van der Waals surface area contributed by atoms with Crippen molar-refractivity contribution in [3.05, 3.63) is 52.3 Å². The zero-order chi connectivity index (χ0) is 23.9. The number of nitrogens with one attached hydrogen (secondary N) is 1. The molecular formula is C27H37N3O2. The number of aromatic nitrogens is 1. The van der Waals surface area contributed by atoms with E-state index in [1.165, 1.54) is 5.56 Å². The molecule has 0 aliphatic heterocycles. The third kappa shape index (κ3) is 7.09. The first-order valence-electron chi connectivity index (χ1n) is 11.5. The van der Waals surface area contributed by atoms with Gasteiger partial charge in [-0.15, -0.1) is 0 Å². The minimum absolute atomic E-state index is 0.285. The molecule has 0 radical (unpaired) electrons. The third-order valence-corrected chi connectivity index (χ3v) is 5.06. The number of hydrogen-bond acceptors (Lipinski definition) is 4. The molecule has 0 atom stereocenters. The lowest BCUT2D eigenvalue weighted by atomic mass is 9.87. The van der Waals surface area contributed by atoms with E-state index in [1.54, 1.807) is 0 Å². The van der Waals surface area contributed by atoms with E-state index < -0.39 is 11.7 Å². The Hall–Kier alpha value is -2.87. The summed E-state index contributed by atoms with van der Waals surface area (Å²) in [4.78, 5) is 17.5. The first kappa shape index (κ1) is 25.4. The molecule has 0 unspecified atom stereocenters. The number of aryl methyl sites for hydroxylation is 2. The Kier molecular flexibility index (Phi) is 8.83. The first-order valence-corrected chi connectivity index (χ1v) is 11.5. The third-order valence-electron chi connectivity index (χ3n) is 5.06. The highest BCUT2D eigenvalue weighted by atomic mass is 16.6. The number of nitriles is 1. The van der Waals surface area contributed by atoms with Gasteiger partial charge in [0.15, 0.2) is 0 Å². The molecule has 1 N–H and O–H groups in total. The highest BCUT2D eigenvalue weighted by Crippen LogP contribution is 2.34. The number of rotatable bonds is 8. The molecule has 0 bridgehead atoms. The lowest BCUT2D eigenvalue weighted by Gasteiger charge is -2.23. The number of hydrogen-bond donors (Lipinski definition) is 1. The second-order valence-corrected chi connectivity index (χ2v) is 9.74. The number of carbonyl (C=O) groups excluding carboxylic acids is 1. The van der Waals surface area contributed by atoms with Crippen molar-refractivity contribution < 1.29 is 9.53 Å². The molecule has 172 valence electrons. The second-order valence-electron chi connectivity index (χ2n) is 9.74. The summed E-state index contributed by atoms with van der Waals surface area (Å²) in [5.74, 6) is 0.407. The number of amides is 1. The van der Waals surface area contributed by atoms with Gasteiger partial charge in [-0.3, -0.25) is 4.98 Å². The van der Waals surface area contributed by atoms with E-state index in [9.17, 15) is 10.1 Å². The number of nitrogens with zero attached hydrogens (tertiary/aromatic N) is 2. The van der Waals surface area contributed by atoms with Gasteiger partial charge in [0.05, 0.1) is 12.5 Å². The number of alkyl carbamates (subject to hydrolysis) is 1. The molecular weight excluding hydrogens is 398 g/mol. The molecule has 5 heteroatoms. The van der Waals surface area contributed by atoms with Crippen LogP contribution in [0.25, 0.3) is 11.1 Å². The molecule has 5 nitrogen and oxygen atoms in total. The van der Waals surface area contributed by atoms with E-state index in [1.807, 2.05) is 20.8 Å². The van der Waals surface area contributed by atoms with Crippen LogP contribution in [0.2, 0.25) is 0 Å². The Morgan fingerprint density at radius 3 is 2.34 bits per heavy atom. The van der Waals surface area contributed by atoms with Gasteiger partial charge < -0.3 is 10.1 Å². The lowest BCUT2D eigenvalue weighted by Crippen LogP contribution is -2.32. The van der Waals surface area contributed by atoms with E-state index in [0.717, 1.165) is 52.9 Å². The summed E-state index contributed by atoms with van der Waals surface area (Å²) in [6.07, 6.45) is 2.40. The fourth-order valence-electron chi connectivity index (χ4n) is 3.77. The fraction of sp³-hybridized carbons (Fsp3) is 0.519. The van der Waals surface area contributed by atoms with Crippen LogP contribution in [0.15, 0.2) is 24.3 Å². The Morgan fingerprint density at radius 1 is 1.16 bits per heavy atom. The standard InChI is InChI=1S/C27H37N3O2/c1-8-9-23-21(14-15-28)25(20-12-10-19(4)11-13-20)22(24(30-23)16-18(2)3)17-29-26(31)32-27(5,6)7/h10-13,18H,8-9,14,16-17H2,1-7H3,(H,29,31). The number of carbonyl (C=O) groups is 1. The molecule has 2 rings (SSSR count). The van der Waals surface area contributed by atoms with Gasteiger partial charge in [-0.2, -0.15) is 5.26 Å². The van der Waals surface area contributed by atoms with Gasteiger partial charge in [0.2, 0.25) is 0 Å². The minimum atomic E-state index is -0.570. The van der Waals surface area contributed by atoms with Crippen molar-refractivity contribution in [1.29, 1.82) is 5.26 Å². The zero-order valence-electron chi connectivity index (χ0n) is 20.6. The van der Waals surface area contributed by atoms with Gasteiger partial charge in [0, 0.05) is 23.5 Å². The quantitative estimate of drug-likeness (QED) is 0.528. The molecule has 0 aliphatic carbocycles. The Balaban J connectivity index is 2.69. The molecule has 32 heavy (non-hydrogen) atoms. The summed E-state index contributed by atoms with van der Waals surface area (Å²) in [6, 6.07) is 10.7. The highest BCUT2D eigenvalue weighted by Gasteiger charge is 2.23. The van der Waals surface area contributed by atoms with Crippen LogP contribution in [-0.4, -0.2) is 16.7 Å². The van der Waals surface area contributed by atoms with Gasteiger partial charge in [0.25, 0.3) is 0 Å². The Morgan fingerprint density at radius 2 is 1.81 bits per heavy atom. The average Bonchev–Trinajstić information content (AvgIpc) is 2.68. The summed E-state index contributed by atoms with van der Waals surface area (Å²) < 4.78 is 5.46. The molecule has 1 aromatic heterocycles. The molecule has 0 spiro atoms. The maximum Gasteiger partial charge on any atom is 0.407 e. The van der Waals surface area contributed by atoms with Crippen molar-refractivity contribution in [3.8, 4) is 17.2 Å². The summed E-state index contributed by atoms with van der Waals surface area (Å²) in [6.45, 7) is 14.4. The Labute approximate surface area is 193 Å². The summed E-state index contributed by atoms with van der Waals surface area (Å²) in [7, 11) is 0. The van der Waals surface area contributed by atoms with E-state index in [0.29, 0.717) is 12.5 Å². The maximum atomic E-state index is 12.4. The van der Waals surface area contributed by atoms with Crippen LogP contribution in [0.4, 0.5) is 4.79 Å². The summed E-state index contributed by atoms with van der Waals surface area (Å²) in [5.41, 5.74) is 6.58. The van der Waals surface area contributed by atoms with Gasteiger partial charge in [-0.25, -0.2) is 4.79 Å². The highest BCUT2D eigenvalue weighted by molar-refractivity contribution is 5.75. The molecule has 0 fully saturated rings. The first-order chi connectivity index (χ1) is 15.1. The fourth-order valence-corrected chi connectivity index (χ4v) is 3.77. The number of benzene rings is 1. The lowest BCUT2D eigenvalue weighted by molar-refractivity contribution is 0.0523. The molecule has 0 saturated carbocycles. The van der Waals surface area contributed by atoms with Crippen LogP contribution in [-0.2, 0) is 30.5 Å². The molecule has 0 aliphatic rings.